The number of hydrogen-bond donors (Lipinski definition) is 1. The molecule has 1 amide bonds. The van der Waals surface area contributed by atoms with E-state index in [2.05, 4.69) is 43.4 Å². The number of carbonyl (C=O) groups excluding carboxylic acids is 1. The van der Waals surface area contributed by atoms with Gasteiger partial charge in [0.2, 0.25) is 0 Å². The molecule has 0 unspecified atom stereocenters. The number of rotatable bonds is 3. The maximum absolute atomic E-state index is 12.2. The first-order valence-electron chi connectivity index (χ1n) is 6.68. The van der Waals surface area contributed by atoms with Crippen LogP contribution in [0.4, 0.5) is 0 Å². The van der Waals surface area contributed by atoms with Crippen molar-refractivity contribution in [2.45, 2.75) is 41.2 Å². The van der Waals surface area contributed by atoms with Crippen LogP contribution in [0.15, 0.2) is 16.7 Å². The first-order valence-corrected chi connectivity index (χ1v) is 6.68. The van der Waals surface area contributed by atoms with Gasteiger partial charge < -0.3 is 9.84 Å². The Labute approximate surface area is 119 Å². The molecule has 0 fully saturated rings. The van der Waals surface area contributed by atoms with E-state index in [9.17, 15) is 4.79 Å². The molecule has 1 aromatic heterocycles. The summed E-state index contributed by atoms with van der Waals surface area (Å²) >= 11 is 0. The maximum atomic E-state index is 12.2. The average Bonchev–Trinajstić information content (AvgIpc) is 2.67. The van der Waals surface area contributed by atoms with Crippen LogP contribution in [0.5, 0.6) is 0 Å². The van der Waals surface area contributed by atoms with Crippen LogP contribution >= 0.6 is 0 Å². The molecule has 0 radical (unpaired) electrons. The molecule has 1 N–H and O–H groups in total. The van der Waals surface area contributed by atoms with Crippen molar-refractivity contribution >= 4 is 5.91 Å². The number of hydrogen-bond acceptors (Lipinski definition) is 3. The molecule has 0 aliphatic rings. The first-order chi connectivity index (χ1) is 9.40. The van der Waals surface area contributed by atoms with Gasteiger partial charge in [-0.05, 0) is 51.3 Å². The number of aryl methyl sites for hydroxylation is 5. The fourth-order valence-electron chi connectivity index (χ4n) is 2.55. The molecule has 0 atom stereocenters. The quantitative estimate of drug-likeness (QED) is 0.933. The van der Waals surface area contributed by atoms with Crippen LogP contribution in [-0.4, -0.2) is 11.1 Å². The number of amides is 1. The predicted molar refractivity (Wildman–Crippen MR) is 77.8 cm³/mol. The van der Waals surface area contributed by atoms with E-state index in [1.54, 1.807) is 13.8 Å². The molecule has 0 saturated carbocycles. The molecule has 20 heavy (non-hydrogen) atoms. The van der Waals surface area contributed by atoms with Gasteiger partial charge in [0.25, 0.3) is 5.91 Å². The summed E-state index contributed by atoms with van der Waals surface area (Å²) in [6.45, 7) is 10.2. The summed E-state index contributed by atoms with van der Waals surface area (Å²) < 4.78 is 5.02. The standard InChI is InChI=1S/C16H20N2O2/c1-9-6-10(2)14(11(3)7-9)8-17-16(19)15-12(4)18-20-13(15)5/h6-7H,8H2,1-5H3,(H,17,19). The second-order valence-corrected chi connectivity index (χ2v) is 5.26. The average molecular weight is 272 g/mol. The van der Waals surface area contributed by atoms with Gasteiger partial charge in [-0.3, -0.25) is 4.79 Å². The Bertz CT molecular complexity index is 614. The highest BCUT2D eigenvalue weighted by Gasteiger charge is 2.17. The zero-order valence-electron chi connectivity index (χ0n) is 12.6. The minimum Gasteiger partial charge on any atom is -0.361 e. The largest absolute Gasteiger partial charge is 0.361 e. The Morgan fingerprint density at radius 3 is 2.25 bits per heavy atom. The Balaban J connectivity index is 2.16. The summed E-state index contributed by atoms with van der Waals surface area (Å²) in [5.41, 5.74) is 5.95. The van der Waals surface area contributed by atoms with Crippen molar-refractivity contribution in [3.05, 3.63) is 51.4 Å². The van der Waals surface area contributed by atoms with E-state index in [1.165, 1.54) is 16.7 Å². The Kier molecular flexibility index (Phi) is 3.93. The van der Waals surface area contributed by atoms with Gasteiger partial charge in [0, 0.05) is 6.54 Å². The molecule has 2 aromatic rings. The lowest BCUT2D eigenvalue weighted by atomic mass is 10.00. The van der Waals surface area contributed by atoms with Crippen LogP contribution in [0.1, 0.15) is 44.1 Å². The Morgan fingerprint density at radius 2 is 1.75 bits per heavy atom. The summed E-state index contributed by atoms with van der Waals surface area (Å²) in [6.07, 6.45) is 0. The number of benzene rings is 1. The van der Waals surface area contributed by atoms with E-state index in [0.29, 0.717) is 23.6 Å². The van der Waals surface area contributed by atoms with Crippen LogP contribution in [0.3, 0.4) is 0 Å². The summed E-state index contributed by atoms with van der Waals surface area (Å²) in [4.78, 5) is 12.2. The SMILES string of the molecule is Cc1cc(C)c(CNC(=O)c2c(C)noc2C)c(C)c1. The molecular formula is C16H20N2O2. The van der Waals surface area contributed by atoms with E-state index in [0.717, 1.165) is 5.56 Å². The molecule has 1 heterocycles. The lowest BCUT2D eigenvalue weighted by Crippen LogP contribution is -2.24. The third kappa shape index (κ3) is 2.74. The Morgan fingerprint density at radius 1 is 1.15 bits per heavy atom. The minimum absolute atomic E-state index is 0.138. The minimum atomic E-state index is -0.138. The van der Waals surface area contributed by atoms with Crippen molar-refractivity contribution in [2.24, 2.45) is 0 Å². The third-order valence-electron chi connectivity index (χ3n) is 3.53. The predicted octanol–water partition coefficient (Wildman–Crippen LogP) is 3.15. The molecule has 0 spiro atoms. The van der Waals surface area contributed by atoms with Crippen molar-refractivity contribution in [2.75, 3.05) is 0 Å². The highest BCUT2D eigenvalue weighted by atomic mass is 16.5. The number of aromatic nitrogens is 1. The number of nitrogens with one attached hydrogen (secondary N) is 1. The number of nitrogens with zero attached hydrogens (tertiary/aromatic N) is 1. The number of carbonyl (C=O) groups is 1. The molecule has 0 aliphatic heterocycles. The van der Waals surface area contributed by atoms with Crippen molar-refractivity contribution in [1.82, 2.24) is 10.5 Å². The zero-order valence-corrected chi connectivity index (χ0v) is 12.6. The highest BCUT2D eigenvalue weighted by molar-refractivity contribution is 5.96. The first kappa shape index (κ1) is 14.3. The third-order valence-corrected chi connectivity index (χ3v) is 3.53. The molecule has 1 aromatic carbocycles. The lowest BCUT2D eigenvalue weighted by Gasteiger charge is -2.12. The van der Waals surface area contributed by atoms with Crippen LogP contribution in [0, 0.1) is 34.6 Å². The van der Waals surface area contributed by atoms with Crippen LogP contribution in [0.2, 0.25) is 0 Å². The summed E-state index contributed by atoms with van der Waals surface area (Å²) in [7, 11) is 0. The second-order valence-electron chi connectivity index (χ2n) is 5.26. The summed E-state index contributed by atoms with van der Waals surface area (Å²) in [5.74, 6) is 0.415. The van der Waals surface area contributed by atoms with Crippen molar-refractivity contribution in [1.29, 1.82) is 0 Å². The van der Waals surface area contributed by atoms with Gasteiger partial charge in [-0.25, -0.2) is 0 Å². The van der Waals surface area contributed by atoms with E-state index < -0.39 is 0 Å². The lowest BCUT2D eigenvalue weighted by molar-refractivity contribution is 0.0949. The van der Waals surface area contributed by atoms with Crippen molar-refractivity contribution < 1.29 is 9.32 Å². The van der Waals surface area contributed by atoms with Gasteiger partial charge in [0.1, 0.15) is 11.3 Å². The monoisotopic (exact) mass is 272 g/mol. The van der Waals surface area contributed by atoms with E-state index in [1.807, 2.05) is 0 Å². The van der Waals surface area contributed by atoms with E-state index in [-0.39, 0.29) is 5.91 Å². The molecular weight excluding hydrogens is 252 g/mol. The molecule has 4 heteroatoms. The van der Waals surface area contributed by atoms with Crippen molar-refractivity contribution in [3.63, 3.8) is 0 Å². The summed E-state index contributed by atoms with van der Waals surface area (Å²) in [6, 6.07) is 4.26. The highest BCUT2D eigenvalue weighted by Crippen LogP contribution is 2.17. The van der Waals surface area contributed by atoms with Crippen LogP contribution < -0.4 is 5.32 Å². The van der Waals surface area contributed by atoms with Gasteiger partial charge >= 0.3 is 0 Å². The molecule has 0 aliphatic carbocycles. The maximum Gasteiger partial charge on any atom is 0.257 e. The van der Waals surface area contributed by atoms with Crippen molar-refractivity contribution in [3.8, 4) is 0 Å². The molecule has 2 rings (SSSR count). The normalized spacial score (nSPS) is 10.7. The van der Waals surface area contributed by atoms with Gasteiger partial charge in [0.05, 0.1) is 5.69 Å². The molecule has 106 valence electrons. The molecule has 0 saturated heterocycles. The van der Waals surface area contributed by atoms with Gasteiger partial charge in [0.15, 0.2) is 0 Å². The van der Waals surface area contributed by atoms with Crippen LogP contribution in [0.25, 0.3) is 0 Å². The van der Waals surface area contributed by atoms with Crippen LogP contribution in [-0.2, 0) is 6.54 Å². The topological polar surface area (TPSA) is 55.1 Å². The van der Waals surface area contributed by atoms with E-state index in [4.69, 9.17) is 4.52 Å². The van der Waals surface area contributed by atoms with Gasteiger partial charge in [-0.15, -0.1) is 0 Å². The zero-order chi connectivity index (χ0) is 14.9. The van der Waals surface area contributed by atoms with Gasteiger partial charge in [-0.2, -0.15) is 0 Å². The second kappa shape index (κ2) is 5.49. The Hall–Kier alpha value is -2.10. The molecule has 4 nitrogen and oxygen atoms in total. The van der Waals surface area contributed by atoms with Gasteiger partial charge in [-0.1, -0.05) is 22.9 Å². The molecule has 0 bridgehead atoms. The fourth-order valence-corrected chi connectivity index (χ4v) is 2.55. The summed E-state index contributed by atoms with van der Waals surface area (Å²) in [5, 5.41) is 6.75. The smallest absolute Gasteiger partial charge is 0.257 e. The fraction of sp³-hybridized carbons (Fsp3) is 0.375. The van der Waals surface area contributed by atoms with E-state index >= 15 is 0 Å².